The van der Waals surface area contributed by atoms with E-state index in [1.54, 1.807) is 80.7 Å². The molecule has 0 radical (unpaired) electrons. The molecule has 3 aliphatic rings. The average Bonchev–Trinajstić information content (AvgIpc) is 1.65. The Bertz CT molecular complexity index is 6580. The molecule has 148 heavy (non-hydrogen) atoms. The molecule has 3 fully saturated rings. The number of carbonyl (C=O) groups excluding carboxylic acids is 9. The molecule has 6 aromatic heterocycles. The van der Waals surface area contributed by atoms with Gasteiger partial charge in [0.15, 0.2) is 34.7 Å². The van der Waals surface area contributed by atoms with Crippen molar-refractivity contribution in [3.8, 4) is 48.6 Å². The number of aryl methyl sites for hydroxylation is 3. The highest BCUT2D eigenvalue weighted by Gasteiger charge is 2.29. The molecule has 782 valence electrons. The lowest BCUT2D eigenvalue weighted by Crippen LogP contribution is -2.49. The van der Waals surface area contributed by atoms with Crippen LogP contribution in [0.25, 0.3) is 31.3 Å². The largest absolute Gasteiger partial charge is 0.506 e. The number of piperazine rings is 3. The molecule has 12 aromatic rings. The molecule has 0 unspecified atom stereocenters. The number of ether oxygens (including phenoxy) is 3. The quantitative estimate of drug-likeness (QED) is 0.0106. The van der Waals surface area contributed by atoms with Crippen molar-refractivity contribution in [2.75, 3.05) is 171 Å². The van der Waals surface area contributed by atoms with Gasteiger partial charge in [-0.3, -0.25) is 67.8 Å². The number of carbonyl (C=O) groups is 9. The fourth-order valence-corrected chi connectivity index (χ4v) is 22.5. The van der Waals surface area contributed by atoms with Crippen LogP contribution in [0.3, 0.4) is 0 Å². The summed E-state index contributed by atoms with van der Waals surface area (Å²) in [6.45, 7) is 26.9. The smallest absolute Gasteiger partial charge is 0.253 e. The molecule has 36 heteroatoms. The number of Topliss-reactive ketones (excluding diaryl/α,β-unsaturated/α-hetero) is 6. The second-order valence-corrected chi connectivity index (χ2v) is 44.2. The summed E-state index contributed by atoms with van der Waals surface area (Å²) in [5.74, 6) is -0.0283. The van der Waals surface area contributed by atoms with Gasteiger partial charge in [0.1, 0.15) is 30.3 Å². The number of aliphatic hydroxyl groups excluding tert-OH is 3. The van der Waals surface area contributed by atoms with Gasteiger partial charge in [-0.25, -0.2) is 0 Å². The van der Waals surface area contributed by atoms with Crippen molar-refractivity contribution in [1.82, 2.24) is 29.4 Å². The lowest BCUT2D eigenvalue weighted by Gasteiger charge is -2.34. The number of amides is 3. The lowest BCUT2D eigenvalue weighted by molar-refractivity contribution is 0.0483. The minimum Gasteiger partial charge on any atom is -0.506 e. The first-order valence-electron chi connectivity index (χ1n) is 48.8. The zero-order valence-corrected chi connectivity index (χ0v) is 91.8. The van der Waals surface area contributed by atoms with Crippen LogP contribution in [0.15, 0.2) is 207 Å². The third-order valence-electron chi connectivity index (χ3n) is 25.1. The van der Waals surface area contributed by atoms with Crippen LogP contribution in [0.2, 0.25) is 10.0 Å². The highest BCUT2D eigenvalue weighted by molar-refractivity contribution is 9.10. The summed E-state index contributed by atoms with van der Waals surface area (Å²) in [5, 5.41) is 72.0. The number of hydrogen-bond donors (Lipinski definition) is 7. The number of ketones is 6. The van der Waals surface area contributed by atoms with E-state index >= 15 is 0 Å². The number of hydrogen-bond acceptors (Lipinski definition) is 30. The van der Waals surface area contributed by atoms with Crippen LogP contribution in [-0.4, -0.2) is 300 Å². The molecule has 3 amide bonds. The maximum atomic E-state index is 13.0. The molecule has 0 spiro atoms. The Labute approximate surface area is 905 Å². The van der Waals surface area contributed by atoms with E-state index in [4.69, 9.17) is 58.1 Å². The predicted octanol–water partition coefficient (Wildman–Crippen LogP) is 20.3. The first kappa shape index (κ1) is 116. The number of nitrogens with zero attached hydrogens (tertiary/aromatic N) is 8. The number of aliphatic hydroxyl groups is 3. The van der Waals surface area contributed by atoms with Crippen molar-refractivity contribution in [1.29, 1.82) is 5.41 Å². The second kappa shape index (κ2) is 57.3. The number of aliphatic imine (C=N–C) groups is 2. The van der Waals surface area contributed by atoms with E-state index in [0.717, 1.165) is 118 Å². The van der Waals surface area contributed by atoms with Gasteiger partial charge in [0.05, 0.1) is 113 Å². The number of nitrogens with one attached hydrogen (secondary N) is 1. The van der Waals surface area contributed by atoms with E-state index in [1.165, 1.54) is 69.2 Å². The van der Waals surface area contributed by atoms with Crippen molar-refractivity contribution in [3.05, 3.63) is 291 Å². The monoisotopic (exact) mass is 2220 g/mol. The van der Waals surface area contributed by atoms with E-state index in [1.807, 2.05) is 135 Å². The maximum absolute atomic E-state index is 13.0. The molecule has 3 saturated heterocycles. The molecular formula is C112H124BrCl2N9O18S6. The number of benzene rings is 6. The normalized spacial score (nSPS) is 13.8. The predicted molar refractivity (Wildman–Crippen MR) is 597 cm³/mol. The molecule has 0 atom stereocenters. The Hall–Kier alpha value is -10.9. The Kier molecular flexibility index (Phi) is 44.8. The number of halogens is 3. The van der Waals surface area contributed by atoms with Crippen molar-refractivity contribution < 1.29 is 88.0 Å². The molecule has 0 saturated carbocycles. The van der Waals surface area contributed by atoms with Crippen molar-refractivity contribution in [2.45, 2.75) is 92.4 Å². The Morgan fingerprint density at radius 3 is 0.993 bits per heavy atom. The van der Waals surface area contributed by atoms with Crippen molar-refractivity contribution in [3.63, 3.8) is 0 Å². The summed E-state index contributed by atoms with van der Waals surface area (Å²) in [6, 6.07) is 53.5. The molecule has 0 aliphatic carbocycles. The van der Waals surface area contributed by atoms with E-state index < -0.39 is 0 Å². The van der Waals surface area contributed by atoms with Crippen LogP contribution in [0.4, 0.5) is 0 Å². The SMILES string of the molecule is CC(=N)c1csc(-c2ccc(C(C)(C)C)cc2)c1O.CC(=NCC(=O)c1ccc(C(=O)CCc2ccc(C(=O)N3CCN(CCOCCO)CC3)cc2)s1)c1csc(-c2ccc(Br)cc2)c1O.CC(=NCC(=O)c1ccc(C(=O)CCc2ccc(C(=O)N3CCN(CCOCCO)CC3)cc2)s1)c1csc(-c2ccc(Cl)c(Cl)c2)c1O.CC(=O)c1ccc(C(=O)CCc2ccc(C(=O)N3CCN(CCOCCO)CC3)cc2)s1. The first-order valence-corrected chi connectivity index (χ1v) is 55.5. The van der Waals surface area contributed by atoms with Gasteiger partial charge in [0, 0.05) is 189 Å². The van der Waals surface area contributed by atoms with E-state index in [9.17, 15) is 58.5 Å². The fourth-order valence-electron chi connectivity index (χ4n) is 16.2. The van der Waals surface area contributed by atoms with Crippen LogP contribution in [0.1, 0.15) is 196 Å². The summed E-state index contributed by atoms with van der Waals surface area (Å²) < 4.78 is 16.9. The fraction of sp³-hybridized carbons (Fsp3) is 0.357. The van der Waals surface area contributed by atoms with Gasteiger partial charge in [-0.05, 0) is 188 Å². The number of thiophene rings is 6. The van der Waals surface area contributed by atoms with Gasteiger partial charge in [-0.15, -0.1) is 68.0 Å². The molecule has 7 N–H and O–H groups in total. The average molecular weight is 2230 g/mol. The Morgan fingerprint density at radius 2 is 0.682 bits per heavy atom. The summed E-state index contributed by atoms with van der Waals surface area (Å²) in [4.78, 5) is 141. The second-order valence-electron chi connectivity index (χ2n) is 36.5. The summed E-state index contributed by atoms with van der Waals surface area (Å²) >= 11 is 23.4. The van der Waals surface area contributed by atoms with E-state index in [-0.39, 0.29) is 114 Å². The zero-order chi connectivity index (χ0) is 106. The molecule has 3 aliphatic heterocycles. The van der Waals surface area contributed by atoms with Gasteiger partial charge in [-0.1, -0.05) is 139 Å². The molecule has 9 heterocycles. The third-order valence-corrected chi connectivity index (χ3v) is 33.0. The highest BCUT2D eigenvalue weighted by Crippen LogP contribution is 2.44. The van der Waals surface area contributed by atoms with E-state index in [2.05, 4.69) is 73.5 Å². The van der Waals surface area contributed by atoms with Crippen molar-refractivity contribution in [2.24, 2.45) is 9.98 Å². The topological polar surface area (TPSA) is 371 Å². The number of aromatic hydroxyl groups is 3. The van der Waals surface area contributed by atoms with Crippen LogP contribution in [0.5, 0.6) is 17.2 Å². The third kappa shape index (κ3) is 33.5. The van der Waals surface area contributed by atoms with Gasteiger partial charge < -0.3 is 65.0 Å². The molecule has 27 nitrogen and oxygen atoms in total. The standard InChI is InChI=1S/C36H38BrN3O6S2.C36H37Cl2N3O6S2.C24H30N2O5S.C16H19NOS/c1-24(29-23-47-35(34(29)44)26-7-9-28(37)10-8-26)38-22-31(43)33-13-12-32(48-33)30(42)11-4-25-2-5-27(6-3-25)36(45)40-16-14-39(15-17-40)18-20-46-21-19-41;1-23(27-22-48-35(34(27)45)26-7-8-28(37)29(38)20-26)39-21-31(44)33-11-10-32(49-33)30(43)9-4-24-2-5-25(6-3-24)36(46)41-14-12-40(13-15-41)16-18-47-19-17-42;1-18(28)22-8-9-23(32-22)21(29)7-4-19-2-5-20(6-3-19)24(30)26-12-10-25(11-13-26)14-16-31-17-15-27;1-10(17)13-9-19-15(14(13)18)11-5-7-12(8-6-11)16(2,3)4/h2-3,5-10,12-13,23,41,44H,4,11,14-22H2,1H3;2-3,5-8,10-11,20,22,42,45H,4,9,12-19,21H2,1H3;2-3,5-6,8-9,27H,4,7,10-17H2,1H3;5-9,17-18H,1-4H3. The lowest BCUT2D eigenvalue weighted by atomic mass is 9.86. The maximum Gasteiger partial charge on any atom is 0.253 e. The minimum absolute atomic E-state index is 0.00158. The van der Waals surface area contributed by atoms with Crippen molar-refractivity contribution >= 4 is 177 Å². The van der Waals surface area contributed by atoms with Gasteiger partial charge in [0.2, 0.25) is 0 Å². The molecule has 15 rings (SSSR count). The summed E-state index contributed by atoms with van der Waals surface area (Å²) in [6.07, 6.45) is 2.58. The van der Waals surface area contributed by atoms with E-state index in [0.29, 0.717) is 206 Å². The Morgan fingerprint density at radius 1 is 0.378 bits per heavy atom. The molecule has 6 aromatic carbocycles. The van der Waals surface area contributed by atoms with Crippen LogP contribution < -0.4 is 0 Å². The van der Waals surface area contributed by atoms with Gasteiger partial charge in [-0.2, -0.15) is 0 Å². The van der Waals surface area contributed by atoms with Crippen LogP contribution in [0, 0.1) is 5.41 Å². The first-order chi connectivity index (χ1) is 71.1. The Balaban J connectivity index is 0.000000184. The number of rotatable bonds is 43. The van der Waals surface area contributed by atoms with Gasteiger partial charge >= 0.3 is 0 Å². The zero-order valence-electron chi connectivity index (χ0n) is 83.8. The summed E-state index contributed by atoms with van der Waals surface area (Å²) in [5.41, 5.74) is 12.1. The van der Waals surface area contributed by atoms with Gasteiger partial charge in [0.25, 0.3) is 17.7 Å². The highest BCUT2D eigenvalue weighted by atomic mass is 79.9. The molecule has 0 bridgehead atoms. The van der Waals surface area contributed by atoms with Crippen LogP contribution >= 0.6 is 107 Å². The van der Waals surface area contributed by atoms with Crippen LogP contribution in [-0.2, 0) is 38.9 Å². The summed E-state index contributed by atoms with van der Waals surface area (Å²) in [7, 11) is 0. The molecular weight excluding hydrogens is 2100 g/mol. The minimum atomic E-state index is -0.212.